The lowest BCUT2D eigenvalue weighted by Crippen LogP contribution is -2.24. The lowest BCUT2D eigenvalue weighted by molar-refractivity contribution is -0.117. The number of rotatable bonds is 2. The summed E-state index contributed by atoms with van der Waals surface area (Å²) in [6.45, 7) is 0.393. The molecule has 1 aromatic heterocycles. The Hall–Kier alpha value is -1.73. The molecule has 3 rings (SSSR count). The normalized spacial score (nSPS) is 18.8. The molecule has 0 unspecified atom stereocenters. The number of anilines is 1. The van der Waals surface area contributed by atoms with Crippen molar-refractivity contribution in [2.24, 2.45) is 0 Å². The minimum atomic E-state index is -0.517. The number of carbonyl (C=O) groups is 1. The van der Waals surface area contributed by atoms with E-state index in [1.165, 1.54) is 23.1 Å². The zero-order valence-electron chi connectivity index (χ0n) is 10.1. The highest BCUT2D eigenvalue weighted by Gasteiger charge is 2.34. The number of nitrogens with one attached hydrogen (secondary N) is 1. The van der Waals surface area contributed by atoms with Crippen LogP contribution in [0.15, 0.2) is 22.6 Å². The van der Waals surface area contributed by atoms with E-state index in [9.17, 15) is 9.18 Å². The Balaban J connectivity index is 1.86. The Bertz CT molecular complexity index is 729. The topological polar surface area (TPSA) is 62.1 Å². The Kier molecular flexibility index (Phi) is 3.31. The molecule has 2 aromatic rings. The van der Waals surface area contributed by atoms with Crippen molar-refractivity contribution < 1.29 is 13.6 Å². The van der Waals surface area contributed by atoms with Crippen molar-refractivity contribution >= 4 is 35.4 Å². The smallest absolute Gasteiger partial charge is 0.284 e. The number of H-pyrrole nitrogens is 1. The van der Waals surface area contributed by atoms with Crippen LogP contribution in [0.4, 0.5) is 10.1 Å². The van der Waals surface area contributed by atoms with Gasteiger partial charge in [-0.25, -0.2) is 9.49 Å². The second kappa shape index (κ2) is 4.99. The molecule has 1 aliphatic rings. The van der Waals surface area contributed by atoms with Gasteiger partial charge in [0.2, 0.25) is 11.8 Å². The van der Waals surface area contributed by atoms with Gasteiger partial charge in [0.05, 0.1) is 10.9 Å². The molecule has 0 aliphatic carbocycles. The van der Waals surface area contributed by atoms with Crippen LogP contribution in [0.3, 0.4) is 0 Å². The number of amides is 1. The van der Waals surface area contributed by atoms with Gasteiger partial charge in [-0.05, 0) is 30.4 Å². The first-order chi connectivity index (χ1) is 9.54. The summed E-state index contributed by atoms with van der Waals surface area (Å²) in [5.41, 5.74) is 0.554. The average Bonchev–Trinajstić information content (AvgIpc) is 2.99. The van der Waals surface area contributed by atoms with E-state index in [0.717, 1.165) is 0 Å². The molecule has 2 heterocycles. The zero-order valence-corrected chi connectivity index (χ0v) is 11.7. The molecule has 1 aromatic carbocycles. The van der Waals surface area contributed by atoms with Crippen molar-refractivity contribution in [2.45, 2.75) is 12.3 Å². The van der Waals surface area contributed by atoms with Crippen LogP contribution in [0.25, 0.3) is 0 Å². The van der Waals surface area contributed by atoms with Crippen molar-refractivity contribution in [1.82, 2.24) is 10.2 Å². The van der Waals surface area contributed by atoms with E-state index in [2.05, 4.69) is 10.2 Å². The minimum Gasteiger partial charge on any atom is -0.414 e. The zero-order chi connectivity index (χ0) is 14.3. The van der Waals surface area contributed by atoms with Gasteiger partial charge in [-0.3, -0.25) is 4.79 Å². The van der Waals surface area contributed by atoms with Crippen LogP contribution in [0, 0.1) is 10.7 Å². The molecule has 1 atom stereocenters. The first kappa shape index (κ1) is 13.3. The maximum absolute atomic E-state index is 13.2. The molecule has 1 fully saturated rings. The maximum atomic E-state index is 13.2. The van der Waals surface area contributed by atoms with Crippen LogP contribution in [-0.4, -0.2) is 22.6 Å². The molecule has 0 spiro atoms. The second-order valence-corrected chi connectivity index (χ2v) is 5.23. The lowest BCUT2D eigenvalue weighted by atomic mass is 10.1. The predicted octanol–water partition coefficient (Wildman–Crippen LogP) is 3.05. The quantitative estimate of drug-likeness (QED) is 0.866. The van der Waals surface area contributed by atoms with Crippen LogP contribution in [0.5, 0.6) is 0 Å². The number of halogens is 2. The van der Waals surface area contributed by atoms with Crippen molar-refractivity contribution in [3.8, 4) is 0 Å². The summed E-state index contributed by atoms with van der Waals surface area (Å²) in [4.78, 5) is 13.8. The summed E-state index contributed by atoms with van der Waals surface area (Å²) in [6, 6.07) is 4.18. The summed E-state index contributed by atoms with van der Waals surface area (Å²) in [7, 11) is 0. The van der Waals surface area contributed by atoms with Gasteiger partial charge in [0, 0.05) is 18.7 Å². The van der Waals surface area contributed by atoms with Gasteiger partial charge in [-0.1, -0.05) is 11.6 Å². The van der Waals surface area contributed by atoms with Crippen LogP contribution in [-0.2, 0) is 4.79 Å². The number of hydrogen-bond acceptors (Lipinski definition) is 4. The van der Waals surface area contributed by atoms with Gasteiger partial charge in [-0.15, -0.1) is 5.10 Å². The molecule has 8 heteroatoms. The van der Waals surface area contributed by atoms with Gasteiger partial charge in [0.25, 0.3) is 4.84 Å². The van der Waals surface area contributed by atoms with Gasteiger partial charge in [-0.2, -0.15) is 0 Å². The molecule has 104 valence electrons. The summed E-state index contributed by atoms with van der Waals surface area (Å²) < 4.78 is 18.4. The third-order valence-corrected chi connectivity index (χ3v) is 3.61. The van der Waals surface area contributed by atoms with Crippen LogP contribution in [0.1, 0.15) is 18.2 Å². The first-order valence-electron chi connectivity index (χ1n) is 5.85. The summed E-state index contributed by atoms with van der Waals surface area (Å²) in [5.74, 6) is -0.392. The molecule has 20 heavy (non-hydrogen) atoms. The van der Waals surface area contributed by atoms with E-state index < -0.39 is 5.82 Å². The summed E-state index contributed by atoms with van der Waals surface area (Å²) >= 11 is 10.5. The third-order valence-electron chi connectivity index (χ3n) is 3.14. The summed E-state index contributed by atoms with van der Waals surface area (Å²) in [6.07, 6.45) is 0.262. The van der Waals surface area contributed by atoms with Crippen molar-refractivity contribution in [1.29, 1.82) is 0 Å². The molecule has 1 amide bonds. The number of nitrogens with zero attached hydrogens (tertiary/aromatic N) is 2. The molecule has 1 N–H and O–H groups in total. The monoisotopic (exact) mass is 313 g/mol. The Labute approximate surface area is 123 Å². The van der Waals surface area contributed by atoms with Crippen molar-refractivity contribution in [3.05, 3.63) is 39.8 Å². The standard InChI is InChI=1S/C12H9ClFN3O2S/c13-8-4-7(1-2-9(8)14)17-5-6(3-10(17)18)11-15-16-12(20)19-11/h1-2,4,6H,3,5H2,(H,16,20)/t6-/m1/s1. The van der Waals surface area contributed by atoms with Gasteiger partial charge >= 0.3 is 0 Å². The van der Waals surface area contributed by atoms with E-state index in [-0.39, 0.29) is 28.1 Å². The van der Waals surface area contributed by atoms with Crippen LogP contribution >= 0.6 is 23.8 Å². The highest BCUT2D eigenvalue weighted by Crippen LogP contribution is 2.32. The fourth-order valence-corrected chi connectivity index (χ4v) is 2.50. The molecule has 0 bridgehead atoms. The molecular formula is C12H9ClFN3O2S. The summed E-state index contributed by atoms with van der Waals surface area (Å²) in [5, 5.41) is 6.44. The molecule has 1 saturated heterocycles. The predicted molar refractivity (Wildman–Crippen MR) is 72.8 cm³/mol. The second-order valence-electron chi connectivity index (χ2n) is 4.46. The van der Waals surface area contributed by atoms with Gasteiger partial charge < -0.3 is 9.32 Å². The molecule has 1 aliphatic heterocycles. The fourth-order valence-electron chi connectivity index (χ4n) is 2.19. The number of benzene rings is 1. The SMILES string of the molecule is O=C1C[C@@H](c2n[nH]c(=S)o2)CN1c1ccc(F)c(Cl)c1. The Morgan fingerprint density at radius 2 is 2.35 bits per heavy atom. The van der Waals surface area contributed by atoms with Gasteiger partial charge in [0.1, 0.15) is 5.82 Å². The Morgan fingerprint density at radius 1 is 1.55 bits per heavy atom. The number of hydrogen-bond donors (Lipinski definition) is 1. The first-order valence-corrected chi connectivity index (χ1v) is 6.64. The maximum Gasteiger partial charge on any atom is 0.284 e. The highest BCUT2D eigenvalue weighted by molar-refractivity contribution is 7.71. The highest BCUT2D eigenvalue weighted by atomic mass is 35.5. The third kappa shape index (κ3) is 2.34. The number of carbonyl (C=O) groups excluding carboxylic acids is 1. The minimum absolute atomic E-state index is 0.0175. The average molecular weight is 314 g/mol. The number of aromatic nitrogens is 2. The van der Waals surface area contributed by atoms with Crippen molar-refractivity contribution in [3.63, 3.8) is 0 Å². The van der Waals surface area contributed by atoms with E-state index in [1.807, 2.05) is 0 Å². The largest absolute Gasteiger partial charge is 0.414 e. The molecule has 0 radical (unpaired) electrons. The lowest BCUT2D eigenvalue weighted by Gasteiger charge is -2.16. The molecule has 0 saturated carbocycles. The Morgan fingerprint density at radius 3 is 3.00 bits per heavy atom. The van der Waals surface area contributed by atoms with E-state index in [1.54, 1.807) is 0 Å². The van der Waals surface area contributed by atoms with Crippen LogP contribution in [0.2, 0.25) is 5.02 Å². The van der Waals surface area contributed by atoms with Gasteiger partial charge in [0.15, 0.2) is 0 Å². The molecular weight excluding hydrogens is 305 g/mol. The van der Waals surface area contributed by atoms with E-state index in [0.29, 0.717) is 18.1 Å². The number of aromatic amines is 1. The van der Waals surface area contributed by atoms with E-state index >= 15 is 0 Å². The van der Waals surface area contributed by atoms with Crippen molar-refractivity contribution in [2.75, 3.05) is 11.4 Å². The van der Waals surface area contributed by atoms with E-state index in [4.69, 9.17) is 28.2 Å². The van der Waals surface area contributed by atoms with Crippen LogP contribution < -0.4 is 4.90 Å². The fraction of sp³-hybridized carbons (Fsp3) is 0.250. The molecule has 5 nitrogen and oxygen atoms in total.